The number of benzene rings is 1. The van der Waals surface area contributed by atoms with Gasteiger partial charge in [-0.3, -0.25) is 14.9 Å². The van der Waals surface area contributed by atoms with Gasteiger partial charge >= 0.3 is 0 Å². The second-order valence-electron chi connectivity index (χ2n) is 7.60. The summed E-state index contributed by atoms with van der Waals surface area (Å²) in [6.45, 7) is 7.61. The number of nitrogens with one attached hydrogen (secondary N) is 2. The molecule has 0 radical (unpaired) electrons. The van der Waals surface area contributed by atoms with Gasteiger partial charge in [-0.05, 0) is 37.0 Å². The number of ether oxygens (including phenoxy) is 1. The van der Waals surface area contributed by atoms with E-state index in [4.69, 9.17) is 20.9 Å². The number of carbonyl (C=O) groups is 2. The lowest BCUT2D eigenvalue weighted by atomic mass is 9.91. The number of fused-ring (bicyclic) bond motifs is 1. The van der Waals surface area contributed by atoms with Crippen LogP contribution in [0.3, 0.4) is 0 Å². The van der Waals surface area contributed by atoms with Gasteiger partial charge in [0.1, 0.15) is 5.75 Å². The zero-order valence-electron chi connectivity index (χ0n) is 15.0. The SMILES string of the molecule is CC(C)(C)Cc1cc(NC(=O)C2(C)Oc3ccc(Cl)cc3NC2=O)on1. The molecule has 8 heteroatoms. The molecule has 1 aliphatic heterocycles. The number of aromatic nitrogens is 1. The van der Waals surface area contributed by atoms with E-state index < -0.39 is 17.4 Å². The number of halogens is 1. The van der Waals surface area contributed by atoms with Crippen molar-refractivity contribution in [3.8, 4) is 5.75 Å². The molecule has 1 atom stereocenters. The van der Waals surface area contributed by atoms with E-state index in [9.17, 15) is 9.59 Å². The predicted molar refractivity (Wildman–Crippen MR) is 97.4 cm³/mol. The summed E-state index contributed by atoms with van der Waals surface area (Å²) in [5.74, 6) is -0.736. The minimum Gasteiger partial charge on any atom is -0.466 e. The van der Waals surface area contributed by atoms with Gasteiger partial charge in [-0.25, -0.2) is 0 Å². The van der Waals surface area contributed by atoms with Crippen LogP contribution in [-0.4, -0.2) is 22.6 Å². The molecular formula is C18H20ClN3O4. The van der Waals surface area contributed by atoms with Gasteiger partial charge in [0.2, 0.25) is 5.88 Å². The molecule has 138 valence electrons. The standard InChI is InChI=1S/C18H20ClN3O4/c1-17(2,3)9-11-8-14(26-22-11)21-16(24)18(4)15(23)20-12-7-10(19)5-6-13(12)25-18/h5-8H,9H2,1-4H3,(H,20,23)(H,21,24). The van der Waals surface area contributed by atoms with Crippen molar-refractivity contribution < 1.29 is 18.8 Å². The quantitative estimate of drug-likeness (QED) is 0.796. The van der Waals surface area contributed by atoms with Crippen molar-refractivity contribution in [3.05, 3.63) is 35.0 Å². The number of hydrogen-bond donors (Lipinski definition) is 2. The highest BCUT2D eigenvalue weighted by atomic mass is 35.5. The molecule has 1 unspecified atom stereocenters. The average Bonchev–Trinajstić information content (AvgIpc) is 2.93. The monoisotopic (exact) mass is 377 g/mol. The van der Waals surface area contributed by atoms with Crippen molar-refractivity contribution >= 4 is 35.0 Å². The van der Waals surface area contributed by atoms with Gasteiger partial charge in [-0.15, -0.1) is 0 Å². The van der Waals surface area contributed by atoms with Crippen LogP contribution in [0.2, 0.25) is 5.02 Å². The van der Waals surface area contributed by atoms with Crippen LogP contribution in [-0.2, 0) is 16.0 Å². The van der Waals surface area contributed by atoms with E-state index in [0.717, 1.165) is 0 Å². The first-order chi connectivity index (χ1) is 12.1. The lowest BCUT2D eigenvalue weighted by Gasteiger charge is -2.32. The Kier molecular flexibility index (Phi) is 4.44. The van der Waals surface area contributed by atoms with E-state index in [1.165, 1.54) is 6.92 Å². The maximum Gasteiger partial charge on any atom is 0.280 e. The van der Waals surface area contributed by atoms with E-state index in [0.29, 0.717) is 28.6 Å². The molecule has 3 rings (SSSR count). The van der Waals surface area contributed by atoms with Gasteiger partial charge in [-0.1, -0.05) is 37.5 Å². The third-order valence-corrected chi connectivity index (χ3v) is 4.11. The first-order valence-corrected chi connectivity index (χ1v) is 8.52. The number of amides is 2. The normalized spacial score (nSPS) is 19.3. The van der Waals surface area contributed by atoms with E-state index in [1.54, 1.807) is 24.3 Å². The van der Waals surface area contributed by atoms with Crippen molar-refractivity contribution in [1.29, 1.82) is 0 Å². The molecular weight excluding hydrogens is 358 g/mol. The molecule has 1 aromatic heterocycles. The van der Waals surface area contributed by atoms with Crippen LogP contribution in [0.15, 0.2) is 28.8 Å². The molecule has 1 aliphatic rings. The van der Waals surface area contributed by atoms with Gasteiger partial charge < -0.3 is 14.6 Å². The molecule has 0 bridgehead atoms. The summed E-state index contributed by atoms with van der Waals surface area (Å²) in [5.41, 5.74) is -0.592. The Morgan fingerprint density at radius 3 is 2.77 bits per heavy atom. The van der Waals surface area contributed by atoms with Crippen LogP contribution in [0, 0.1) is 5.41 Å². The van der Waals surface area contributed by atoms with Gasteiger partial charge in [0.15, 0.2) is 0 Å². The minimum absolute atomic E-state index is 0.0292. The van der Waals surface area contributed by atoms with Crippen LogP contribution in [0.1, 0.15) is 33.4 Å². The number of anilines is 2. The molecule has 0 saturated heterocycles. The van der Waals surface area contributed by atoms with E-state index in [-0.39, 0.29) is 11.3 Å². The third kappa shape index (κ3) is 3.67. The molecule has 0 saturated carbocycles. The van der Waals surface area contributed by atoms with Crippen molar-refractivity contribution in [1.82, 2.24) is 5.16 Å². The number of rotatable bonds is 3. The topological polar surface area (TPSA) is 93.5 Å². The Balaban J connectivity index is 1.77. The van der Waals surface area contributed by atoms with Crippen LogP contribution in [0.25, 0.3) is 0 Å². The fraction of sp³-hybridized carbons (Fsp3) is 0.389. The lowest BCUT2D eigenvalue weighted by Crippen LogP contribution is -2.56. The van der Waals surface area contributed by atoms with Crippen LogP contribution >= 0.6 is 11.6 Å². The summed E-state index contributed by atoms with van der Waals surface area (Å²) in [4.78, 5) is 25.1. The highest BCUT2D eigenvalue weighted by molar-refractivity contribution is 6.31. The summed E-state index contributed by atoms with van der Waals surface area (Å²) in [6.07, 6.45) is 0.689. The third-order valence-electron chi connectivity index (χ3n) is 3.88. The van der Waals surface area contributed by atoms with Gasteiger partial charge in [0.05, 0.1) is 11.4 Å². The Labute approximate surface area is 156 Å². The zero-order valence-corrected chi connectivity index (χ0v) is 15.7. The molecule has 0 aliphatic carbocycles. The first kappa shape index (κ1) is 18.3. The van der Waals surface area contributed by atoms with Gasteiger partial charge in [0, 0.05) is 11.1 Å². The Morgan fingerprint density at radius 1 is 1.35 bits per heavy atom. The van der Waals surface area contributed by atoms with E-state index in [1.807, 2.05) is 0 Å². The predicted octanol–water partition coefficient (Wildman–Crippen LogP) is 3.64. The van der Waals surface area contributed by atoms with Crippen molar-refractivity contribution in [3.63, 3.8) is 0 Å². The summed E-state index contributed by atoms with van der Waals surface area (Å²) in [5, 5.41) is 9.58. The molecule has 0 fully saturated rings. The summed E-state index contributed by atoms with van der Waals surface area (Å²) >= 11 is 5.91. The molecule has 2 N–H and O–H groups in total. The van der Waals surface area contributed by atoms with E-state index >= 15 is 0 Å². The Morgan fingerprint density at radius 2 is 2.08 bits per heavy atom. The Hall–Kier alpha value is -2.54. The second-order valence-corrected chi connectivity index (χ2v) is 8.04. The summed E-state index contributed by atoms with van der Waals surface area (Å²) in [6, 6.07) is 6.41. The zero-order chi connectivity index (χ0) is 19.1. The van der Waals surface area contributed by atoms with Crippen LogP contribution in [0.4, 0.5) is 11.6 Å². The van der Waals surface area contributed by atoms with Crippen molar-refractivity contribution in [2.24, 2.45) is 5.41 Å². The molecule has 2 heterocycles. The van der Waals surface area contributed by atoms with Gasteiger partial charge in [-0.2, -0.15) is 0 Å². The maximum absolute atomic E-state index is 12.7. The highest BCUT2D eigenvalue weighted by Gasteiger charge is 2.47. The van der Waals surface area contributed by atoms with Crippen LogP contribution < -0.4 is 15.4 Å². The van der Waals surface area contributed by atoms with E-state index in [2.05, 4.69) is 36.6 Å². The smallest absolute Gasteiger partial charge is 0.280 e. The fourth-order valence-corrected chi connectivity index (χ4v) is 2.75. The minimum atomic E-state index is -1.75. The molecule has 2 amide bonds. The largest absolute Gasteiger partial charge is 0.466 e. The molecule has 26 heavy (non-hydrogen) atoms. The highest BCUT2D eigenvalue weighted by Crippen LogP contribution is 2.36. The molecule has 2 aromatic rings. The molecule has 0 spiro atoms. The average molecular weight is 378 g/mol. The number of hydrogen-bond acceptors (Lipinski definition) is 5. The Bertz CT molecular complexity index is 872. The van der Waals surface area contributed by atoms with Gasteiger partial charge in [0.25, 0.3) is 17.4 Å². The second kappa shape index (κ2) is 6.32. The summed E-state index contributed by atoms with van der Waals surface area (Å²) in [7, 11) is 0. The molecule has 7 nitrogen and oxygen atoms in total. The molecule has 1 aromatic carbocycles. The van der Waals surface area contributed by atoms with Crippen LogP contribution in [0.5, 0.6) is 5.75 Å². The maximum atomic E-state index is 12.7. The number of carbonyl (C=O) groups excluding carboxylic acids is 2. The van der Waals surface area contributed by atoms with Crippen molar-refractivity contribution in [2.75, 3.05) is 10.6 Å². The fourth-order valence-electron chi connectivity index (χ4n) is 2.57. The first-order valence-electron chi connectivity index (χ1n) is 8.14. The number of nitrogens with zero attached hydrogens (tertiary/aromatic N) is 1. The van der Waals surface area contributed by atoms with Crippen molar-refractivity contribution in [2.45, 2.75) is 39.7 Å². The lowest BCUT2D eigenvalue weighted by molar-refractivity contribution is -0.143. The summed E-state index contributed by atoms with van der Waals surface area (Å²) < 4.78 is 10.8.